The van der Waals surface area contributed by atoms with Crippen LogP contribution in [0.1, 0.15) is 18.7 Å². The quantitative estimate of drug-likeness (QED) is 0.544. The third-order valence-corrected chi connectivity index (χ3v) is 7.50. The SMILES string of the molecule is NC(=O)CSc1nnc(CN2c3ccccc3Sc3ccccc32)n1CC1CCCO1. The molecule has 1 amide bonds. The molecule has 3 heterocycles. The normalized spacial score (nSPS) is 17.4. The highest BCUT2D eigenvalue weighted by Gasteiger charge is 2.27. The van der Waals surface area contributed by atoms with Gasteiger partial charge in [-0.1, -0.05) is 47.8 Å². The molecule has 0 spiro atoms. The van der Waals surface area contributed by atoms with Crippen molar-refractivity contribution in [2.45, 2.75) is 47.0 Å². The van der Waals surface area contributed by atoms with Crippen molar-refractivity contribution in [2.75, 3.05) is 17.3 Å². The molecule has 0 aliphatic carbocycles. The van der Waals surface area contributed by atoms with E-state index in [0.29, 0.717) is 18.2 Å². The molecule has 2 aromatic carbocycles. The first-order chi connectivity index (χ1) is 15.2. The molecule has 1 aromatic heterocycles. The van der Waals surface area contributed by atoms with Crippen LogP contribution in [0.5, 0.6) is 0 Å². The number of carbonyl (C=O) groups is 1. The van der Waals surface area contributed by atoms with E-state index in [4.69, 9.17) is 10.5 Å². The predicted molar refractivity (Wildman–Crippen MR) is 122 cm³/mol. The molecule has 1 fully saturated rings. The van der Waals surface area contributed by atoms with Gasteiger partial charge in [0.2, 0.25) is 5.91 Å². The minimum Gasteiger partial charge on any atom is -0.376 e. The molecule has 3 aromatic rings. The molecule has 5 rings (SSSR count). The van der Waals surface area contributed by atoms with Crippen LogP contribution in [-0.2, 0) is 22.6 Å². The van der Waals surface area contributed by atoms with E-state index in [1.807, 2.05) is 0 Å². The Balaban J connectivity index is 1.50. The summed E-state index contributed by atoms with van der Waals surface area (Å²) in [6.45, 7) is 2.04. The van der Waals surface area contributed by atoms with Crippen LogP contribution >= 0.6 is 23.5 Å². The number of para-hydroxylation sites is 2. The monoisotopic (exact) mass is 453 g/mol. The van der Waals surface area contributed by atoms with Gasteiger partial charge < -0.3 is 19.9 Å². The van der Waals surface area contributed by atoms with Crippen molar-refractivity contribution >= 4 is 40.8 Å². The number of primary amides is 1. The third-order valence-electron chi connectivity index (χ3n) is 5.38. The average Bonchev–Trinajstić information content (AvgIpc) is 3.43. The molecule has 0 radical (unpaired) electrons. The summed E-state index contributed by atoms with van der Waals surface area (Å²) in [5, 5.41) is 9.61. The molecule has 0 saturated carbocycles. The average molecular weight is 454 g/mol. The molecule has 2 aliphatic rings. The number of hydrogen-bond acceptors (Lipinski definition) is 7. The largest absolute Gasteiger partial charge is 0.376 e. The maximum absolute atomic E-state index is 11.3. The lowest BCUT2D eigenvalue weighted by molar-refractivity contribution is -0.115. The molecule has 1 unspecified atom stereocenters. The van der Waals surface area contributed by atoms with Crippen molar-refractivity contribution in [1.82, 2.24) is 14.8 Å². The number of benzene rings is 2. The molecule has 7 nitrogen and oxygen atoms in total. The summed E-state index contributed by atoms with van der Waals surface area (Å²) in [5.74, 6) is 0.656. The Bertz CT molecular complexity index is 1050. The molecule has 0 bridgehead atoms. The second-order valence-corrected chi connectivity index (χ2v) is 9.55. The van der Waals surface area contributed by atoms with Crippen molar-refractivity contribution in [2.24, 2.45) is 5.73 Å². The molecule has 2 N–H and O–H groups in total. The van der Waals surface area contributed by atoms with Gasteiger partial charge in [-0.3, -0.25) is 4.79 Å². The summed E-state index contributed by atoms with van der Waals surface area (Å²) in [6.07, 6.45) is 2.22. The molecule has 2 aliphatic heterocycles. The van der Waals surface area contributed by atoms with Crippen LogP contribution in [0.15, 0.2) is 63.5 Å². The number of fused-ring (bicyclic) bond motifs is 2. The first kappa shape index (κ1) is 20.4. The number of rotatable bonds is 7. The highest BCUT2D eigenvalue weighted by atomic mass is 32.2. The van der Waals surface area contributed by atoms with Crippen LogP contribution in [0.4, 0.5) is 11.4 Å². The Labute approximate surface area is 189 Å². The minimum absolute atomic E-state index is 0.138. The van der Waals surface area contributed by atoms with E-state index in [1.165, 1.54) is 21.6 Å². The maximum Gasteiger partial charge on any atom is 0.227 e. The van der Waals surface area contributed by atoms with Gasteiger partial charge in [0.1, 0.15) is 0 Å². The molecular formula is C22H23N5O2S2. The van der Waals surface area contributed by atoms with E-state index in [9.17, 15) is 4.79 Å². The number of carbonyl (C=O) groups excluding carboxylic acids is 1. The zero-order valence-corrected chi connectivity index (χ0v) is 18.6. The van der Waals surface area contributed by atoms with Gasteiger partial charge in [0.15, 0.2) is 11.0 Å². The molecule has 9 heteroatoms. The molecular weight excluding hydrogens is 430 g/mol. The van der Waals surface area contributed by atoms with Crippen molar-refractivity contribution < 1.29 is 9.53 Å². The highest BCUT2D eigenvalue weighted by Crippen LogP contribution is 2.48. The number of nitrogens with two attached hydrogens (primary N) is 1. The number of amides is 1. The Morgan fingerprint density at radius 2 is 1.84 bits per heavy atom. The van der Waals surface area contributed by atoms with Crippen LogP contribution < -0.4 is 10.6 Å². The Hall–Kier alpha value is -2.49. The second-order valence-electron chi connectivity index (χ2n) is 7.52. The zero-order valence-electron chi connectivity index (χ0n) is 16.9. The van der Waals surface area contributed by atoms with E-state index in [0.717, 1.165) is 36.6 Å². The number of thioether (sulfide) groups is 1. The van der Waals surface area contributed by atoms with E-state index >= 15 is 0 Å². The third kappa shape index (κ3) is 4.30. The lowest BCUT2D eigenvalue weighted by atomic mass is 10.2. The van der Waals surface area contributed by atoms with Gasteiger partial charge in [0, 0.05) is 16.4 Å². The van der Waals surface area contributed by atoms with Crippen molar-refractivity contribution in [1.29, 1.82) is 0 Å². The van der Waals surface area contributed by atoms with Gasteiger partial charge in [0.05, 0.1) is 36.3 Å². The van der Waals surface area contributed by atoms with Gasteiger partial charge in [-0.25, -0.2) is 0 Å². The lowest BCUT2D eigenvalue weighted by Gasteiger charge is -2.32. The van der Waals surface area contributed by atoms with Crippen LogP contribution in [0.3, 0.4) is 0 Å². The first-order valence-electron chi connectivity index (χ1n) is 10.3. The standard InChI is InChI=1S/C22H23N5O2S2/c23-20(28)14-30-22-25-24-21(27(22)12-15-6-5-11-29-15)13-26-16-7-1-3-9-18(16)31-19-10-4-2-8-17(19)26/h1-4,7-10,15H,5-6,11-14H2,(H2,23,28). The van der Waals surface area contributed by atoms with Crippen molar-refractivity contribution in [3.63, 3.8) is 0 Å². The van der Waals surface area contributed by atoms with E-state index in [-0.39, 0.29) is 17.8 Å². The Morgan fingerprint density at radius 1 is 1.13 bits per heavy atom. The topological polar surface area (TPSA) is 86.3 Å². The smallest absolute Gasteiger partial charge is 0.227 e. The Kier molecular flexibility index (Phi) is 5.89. The van der Waals surface area contributed by atoms with Crippen molar-refractivity contribution in [3.8, 4) is 0 Å². The van der Waals surface area contributed by atoms with Gasteiger partial charge in [-0.2, -0.15) is 0 Å². The zero-order chi connectivity index (χ0) is 21.2. The molecule has 160 valence electrons. The van der Waals surface area contributed by atoms with Crippen LogP contribution in [-0.4, -0.2) is 39.1 Å². The fraction of sp³-hybridized carbons (Fsp3) is 0.318. The van der Waals surface area contributed by atoms with E-state index < -0.39 is 0 Å². The fourth-order valence-corrected chi connectivity index (χ4v) is 5.75. The second kappa shape index (κ2) is 8.94. The van der Waals surface area contributed by atoms with Gasteiger partial charge in [0.25, 0.3) is 0 Å². The van der Waals surface area contributed by atoms with E-state index in [1.54, 1.807) is 11.8 Å². The first-order valence-corrected chi connectivity index (χ1v) is 12.1. The molecule has 31 heavy (non-hydrogen) atoms. The molecule has 1 saturated heterocycles. The number of ether oxygens (including phenoxy) is 1. The van der Waals surface area contributed by atoms with Gasteiger partial charge >= 0.3 is 0 Å². The summed E-state index contributed by atoms with van der Waals surface area (Å²) >= 11 is 3.11. The summed E-state index contributed by atoms with van der Waals surface area (Å²) in [4.78, 5) is 16.1. The summed E-state index contributed by atoms with van der Waals surface area (Å²) < 4.78 is 7.96. The van der Waals surface area contributed by atoms with Crippen molar-refractivity contribution in [3.05, 3.63) is 54.4 Å². The minimum atomic E-state index is -0.367. The maximum atomic E-state index is 11.3. The lowest BCUT2D eigenvalue weighted by Crippen LogP contribution is -2.25. The number of nitrogens with zero attached hydrogens (tertiary/aromatic N) is 4. The predicted octanol–water partition coefficient (Wildman–Crippen LogP) is 3.84. The number of hydrogen-bond donors (Lipinski definition) is 1. The van der Waals surface area contributed by atoms with Gasteiger partial charge in [-0.15, -0.1) is 10.2 Å². The molecule has 1 atom stereocenters. The highest BCUT2D eigenvalue weighted by molar-refractivity contribution is 8.00. The number of aromatic nitrogens is 3. The number of anilines is 2. The van der Waals surface area contributed by atoms with Gasteiger partial charge in [-0.05, 0) is 37.1 Å². The van der Waals surface area contributed by atoms with Crippen LogP contribution in [0, 0.1) is 0 Å². The van der Waals surface area contributed by atoms with Crippen LogP contribution in [0.25, 0.3) is 0 Å². The Morgan fingerprint density at radius 3 is 2.48 bits per heavy atom. The van der Waals surface area contributed by atoms with E-state index in [2.05, 4.69) is 68.2 Å². The van der Waals surface area contributed by atoms with Crippen LogP contribution in [0.2, 0.25) is 0 Å². The summed E-state index contributed by atoms with van der Waals surface area (Å²) in [7, 11) is 0. The summed E-state index contributed by atoms with van der Waals surface area (Å²) in [5.41, 5.74) is 7.68. The summed E-state index contributed by atoms with van der Waals surface area (Å²) in [6, 6.07) is 16.8. The fourth-order valence-electron chi connectivity index (χ4n) is 3.95.